The van der Waals surface area contributed by atoms with E-state index in [0.29, 0.717) is 23.1 Å². The largest absolute Gasteiger partial charge is 0.494 e. The topological polar surface area (TPSA) is 77.0 Å². The molecular weight excluding hydrogens is 300 g/mol. The van der Waals surface area contributed by atoms with Crippen molar-refractivity contribution >= 4 is 27.5 Å². The number of para-hydroxylation sites is 1. The molecule has 0 saturated carbocycles. The molecule has 5 nitrogen and oxygen atoms in total. The first-order valence-corrected chi connectivity index (χ1v) is 7.93. The van der Waals surface area contributed by atoms with E-state index in [2.05, 4.69) is 4.98 Å². The first-order valence-electron chi connectivity index (χ1n) is 7.93. The van der Waals surface area contributed by atoms with E-state index in [9.17, 15) is 5.11 Å². The van der Waals surface area contributed by atoms with Gasteiger partial charge in [-0.1, -0.05) is 24.3 Å². The van der Waals surface area contributed by atoms with Crippen molar-refractivity contribution in [1.29, 1.82) is 0 Å². The van der Waals surface area contributed by atoms with E-state index in [1.54, 1.807) is 4.57 Å². The summed E-state index contributed by atoms with van der Waals surface area (Å²) in [5, 5.41) is 11.8. The summed E-state index contributed by atoms with van der Waals surface area (Å²) in [5.41, 5.74) is 11.4. The number of hydrogen-bond acceptors (Lipinski definition) is 4. The molecule has 0 saturated heterocycles. The van der Waals surface area contributed by atoms with Crippen LogP contribution < -0.4 is 5.73 Å². The Labute approximate surface area is 139 Å². The first-order chi connectivity index (χ1) is 11.6. The SMILES string of the molecule is CCn1cc2nc3c(-c4ccc(C)nc4)cccc3c(N)c2c1O. The molecule has 0 aliphatic carbocycles. The van der Waals surface area contributed by atoms with E-state index in [1.807, 2.05) is 56.6 Å². The van der Waals surface area contributed by atoms with Crippen molar-refractivity contribution in [3.8, 4) is 17.0 Å². The van der Waals surface area contributed by atoms with Crippen LogP contribution in [0.3, 0.4) is 0 Å². The summed E-state index contributed by atoms with van der Waals surface area (Å²) >= 11 is 0. The van der Waals surface area contributed by atoms with Crippen LogP contribution >= 0.6 is 0 Å². The van der Waals surface area contributed by atoms with E-state index in [4.69, 9.17) is 10.7 Å². The number of aromatic hydroxyl groups is 1. The van der Waals surface area contributed by atoms with Crippen molar-refractivity contribution in [2.45, 2.75) is 20.4 Å². The zero-order valence-electron chi connectivity index (χ0n) is 13.6. The number of aromatic nitrogens is 3. The Morgan fingerprint density at radius 2 is 2.04 bits per heavy atom. The van der Waals surface area contributed by atoms with Gasteiger partial charge in [0.15, 0.2) is 0 Å². The van der Waals surface area contributed by atoms with Gasteiger partial charge in [0.1, 0.15) is 0 Å². The lowest BCUT2D eigenvalue weighted by atomic mass is 10.0. The highest BCUT2D eigenvalue weighted by Crippen LogP contribution is 2.38. The van der Waals surface area contributed by atoms with Gasteiger partial charge in [-0.25, -0.2) is 4.98 Å². The van der Waals surface area contributed by atoms with Crippen molar-refractivity contribution in [2.75, 3.05) is 5.73 Å². The first kappa shape index (κ1) is 14.5. The quantitative estimate of drug-likeness (QED) is 0.588. The van der Waals surface area contributed by atoms with Crippen LogP contribution in [0.2, 0.25) is 0 Å². The molecule has 0 bridgehead atoms. The Hall–Kier alpha value is -3.08. The Balaban J connectivity index is 2.08. The van der Waals surface area contributed by atoms with Gasteiger partial charge in [-0.05, 0) is 19.9 Å². The minimum Gasteiger partial charge on any atom is -0.494 e. The smallest absolute Gasteiger partial charge is 0.202 e. The lowest BCUT2D eigenvalue weighted by molar-refractivity contribution is 0.427. The molecule has 5 heteroatoms. The standard InChI is InChI=1S/C19H18N4O/c1-3-23-10-15-16(19(23)24)17(20)14-6-4-5-13(18(14)22-15)12-8-7-11(2)21-9-12/h4-10,24H,3,20H2,1-2H3. The number of nitrogens with zero attached hydrogens (tertiary/aromatic N) is 3. The van der Waals surface area contributed by atoms with Gasteiger partial charge >= 0.3 is 0 Å². The average molecular weight is 318 g/mol. The molecule has 3 N–H and O–H groups in total. The molecule has 4 rings (SSSR count). The number of pyridine rings is 2. The lowest BCUT2D eigenvalue weighted by Crippen LogP contribution is -1.93. The second kappa shape index (κ2) is 5.23. The molecule has 3 heterocycles. The zero-order valence-corrected chi connectivity index (χ0v) is 13.6. The molecule has 0 atom stereocenters. The van der Waals surface area contributed by atoms with Gasteiger partial charge in [-0.2, -0.15) is 0 Å². The fraction of sp³-hybridized carbons (Fsp3) is 0.158. The molecule has 0 unspecified atom stereocenters. The van der Waals surface area contributed by atoms with Crippen molar-refractivity contribution in [2.24, 2.45) is 0 Å². The molecule has 4 aromatic rings. The molecule has 24 heavy (non-hydrogen) atoms. The van der Waals surface area contributed by atoms with Gasteiger partial charge in [0, 0.05) is 41.1 Å². The Morgan fingerprint density at radius 1 is 1.21 bits per heavy atom. The molecule has 0 amide bonds. The van der Waals surface area contributed by atoms with E-state index < -0.39 is 0 Å². The number of hydrogen-bond donors (Lipinski definition) is 2. The van der Waals surface area contributed by atoms with Gasteiger partial charge in [-0.15, -0.1) is 0 Å². The second-order valence-corrected chi connectivity index (χ2v) is 5.91. The average Bonchev–Trinajstić information content (AvgIpc) is 2.92. The number of benzene rings is 1. The van der Waals surface area contributed by atoms with Crippen molar-refractivity contribution in [3.05, 3.63) is 48.4 Å². The van der Waals surface area contributed by atoms with Crippen LogP contribution in [0.25, 0.3) is 32.9 Å². The number of anilines is 1. The molecule has 0 radical (unpaired) electrons. The summed E-state index contributed by atoms with van der Waals surface area (Å²) in [4.78, 5) is 9.15. The van der Waals surface area contributed by atoms with Gasteiger partial charge in [0.25, 0.3) is 0 Å². The minimum atomic E-state index is 0.168. The van der Waals surface area contributed by atoms with Crippen molar-refractivity contribution in [1.82, 2.24) is 14.5 Å². The maximum atomic E-state index is 10.4. The van der Waals surface area contributed by atoms with Crippen LogP contribution in [0.4, 0.5) is 5.69 Å². The summed E-state index contributed by atoms with van der Waals surface area (Å²) in [5.74, 6) is 0.168. The van der Waals surface area contributed by atoms with Crippen LogP contribution in [0, 0.1) is 6.92 Å². The van der Waals surface area contributed by atoms with E-state index in [1.165, 1.54) is 0 Å². The van der Waals surface area contributed by atoms with Crippen molar-refractivity contribution in [3.63, 3.8) is 0 Å². The van der Waals surface area contributed by atoms with Crippen LogP contribution in [-0.4, -0.2) is 19.6 Å². The third kappa shape index (κ3) is 2.01. The molecule has 1 aromatic carbocycles. The van der Waals surface area contributed by atoms with Crippen LogP contribution in [0.15, 0.2) is 42.7 Å². The molecular formula is C19H18N4O. The monoisotopic (exact) mass is 318 g/mol. The van der Waals surface area contributed by atoms with Crippen molar-refractivity contribution < 1.29 is 5.11 Å². The maximum Gasteiger partial charge on any atom is 0.202 e. The summed E-state index contributed by atoms with van der Waals surface area (Å²) in [6.07, 6.45) is 3.69. The zero-order chi connectivity index (χ0) is 16.8. The molecule has 120 valence electrons. The molecule has 0 fully saturated rings. The van der Waals surface area contributed by atoms with E-state index in [-0.39, 0.29) is 5.88 Å². The third-order valence-electron chi connectivity index (χ3n) is 4.42. The third-order valence-corrected chi connectivity index (χ3v) is 4.42. The maximum absolute atomic E-state index is 10.4. The molecule has 3 aromatic heterocycles. The normalized spacial score (nSPS) is 11.4. The fourth-order valence-electron chi connectivity index (χ4n) is 3.11. The second-order valence-electron chi connectivity index (χ2n) is 5.91. The van der Waals surface area contributed by atoms with Crippen LogP contribution in [0.1, 0.15) is 12.6 Å². The van der Waals surface area contributed by atoms with E-state index in [0.717, 1.165) is 27.7 Å². The van der Waals surface area contributed by atoms with Gasteiger partial charge in [0.05, 0.1) is 22.1 Å². The number of nitrogen functional groups attached to an aromatic ring is 1. The molecule has 0 aliphatic heterocycles. The van der Waals surface area contributed by atoms with E-state index >= 15 is 0 Å². The Kier molecular flexibility index (Phi) is 3.16. The number of nitrogens with two attached hydrogens (primary N) is 1. The lowest BCUT2D eigenvalue weighted by Gasteiger charge is -2.09. The summed E-state index contributed by atoms with van der Waals surface area (Å²) in [6.45, 7) is 4.59. The predicted molar refractivity (Wildman–Crippen MR) is 97.0 cm³/mol. The summed E-state index contributed by atoms with van der Waals surface area (Å²) in [7, 11) is 0. The van der Waals surface area contributed by atoms with Gasteiger partial charge < -0.3 is 15.4 Å². The Bertz CT molecular complexity index is 1060. The minimum absolute atomic E-state index is 0.168. The van der Waals surface area contributed by atoms with Crippen LogP contribution in [0.5, 0.6) is 5.88 Å². The highest BCUT2D eigenvalue weighted by atomic mass is 16.3. The number of rotatable bonds is 2. The molecule has 0 spiro atoms. The Morgan fingerprint density at radius 3 is 2.75 bits per heavy atom. The summed E-state index contributed by atoms with van der Waals surface area (Å²) in [6, 6.07) is 9.92. The number of fused-ring (bicyclic) bond motifs is 2. The number of aryl methyl sites for hydroxylation is 2. The molecule has 0 aliphatic rings. The fourth-order valence-corrected chi connectivity index (χ4v) is 3.11. The predicted octanol–water partition coefficient (Wildman–Crippen LogP) is 3.87. The highest BCUT2D eigenvalue weighted by molar-refractivity contribution is 6.12. The van der Waals surface area contributed by atoms with Crippen LogP contribution in [-0.2, 0) is 6.54 Å². The highest BCUT2D eigenvalue weighted by Gasteiger charge is 2.16. The van der Waals surface area contributed by atoms with Gasteiger partial charge in [0.2, 0.25) is 5.88 Å². The van der Waals surface area contributed by atoms with Gasteiger partial charge in [-0.3, -0.25) is 4.98 Å². The summed E-state index contributed by atoms with van der Waals surface area (Å²) < 4.78 is 1.75.